The van der Waals surface area contributed by atoms with Crippen molar-refractivity contribution in [1.29, 1.82) is 0 Å². The van der Waals surface area contributed by atoms with Crippen molar-refractivity contribution < 1.29 is 9.59 Å². The first kappa shape index (κ1) is 17.5. The van der Waals surface area contributed by atoms with E-state index in [-0.39, 0.29) is 6.03 Å². The molecule has 5 nitrogen and oxygen atoms in total. The van der Waals surface area contributed by atoms with Crippen molar-refractivity contribution in [2.75, 3.05) is 31.1 Å². The summed E-state index contributed by atoms with van der Waals surface area (Å²) in [4.78, 5) is 28.9. The quantitative estimate of drug-likeness (QED) is 0.482. The molecule has 0 N–H and O–H groups in total. The molecule has 0 atom stereocenters. The highest BCUT2D eigenvalue weighted by molar-refractivity contribution is 6.13. The van der Waals surface area contributed by atoms with Crippen LogP contribution in [-0.2, 0) is 0 Å². The number of nitrogens with zero attached hydrogens (tertiary/aromatic N) is 3. The van der Waals surface area contributed by atoms with E-state index in [1.165, 1.54) is 0 Å². The zero-order valence-corrected chi connectivity index (χ0v) is 16.0. The van der Waals surface area contributed by atoms with Crippen LogP contribution in [0.5, 0.6) is 0 Å². The second-order valence-corrected chi connectivity index (χ2v) is 7.30. The molecular formula is C24H21N3O2. The molecule has 0 aliphatic carbocycles. The molecule has 1 amide bonds. The number of para-hydroxylation sites is 3. The van der Waals surface area contributed by atoms with Crippen LogP contribution in [0.3, 0.4) is 0 Å². The number of hydrogen-bond donors (Lipinski definition) is 0. The van der Waals surface area contributed by atoms with Gasteiger partial charge in [-0.3, -0.25) is 9.36 Å². The summed E-state index contributed by atoms with van der Waals surface area (Å²) in [7, 11) is 0. The second kappa shape index (κ2) is 7.09. The summed E-state index contributed by atoms with van der Waals surface area (Å²) in [6.45, 7) is 2.64. The van der Waals surface area contributed by atoms with E-state index in [0.29, 0.717) is 31.7 Å². The molecule has 3 aromatic carbocycles. The van der Waals surface area contributed by atoms with Crippen LogP contribution in [0.1, 0.15) is 10.4 Å². The molecule has 0 unspecified atom stereocenters. The van der Waals surface area contributed by atoms with Crippen LogP contribution in [0.4, 0.5) is 10.5 Å². The van der Waals surface area contributed by atoms with Crippen molar-refractivity contribution in [1.82, 2.24) is 9.47 Å². The maximum Gasteiger partial charge on any atom is 0.329 e. The fraction of sp³-hybridized carbons (Fsp3) is 0.167. The van der Waals surface area contributed by atoms with Crippen molar-refractivity contribution in [3.05, 3.63) is 78.4 Å². The number of carbonyl (C=O) groups excluding carboxylic acids is 2. The third-order valence-electron chi connectivity index (χ3n) is 5.73. The highest BCUT2D eigenvalue weighted by Gasteiger charge is 2.25. The van der Waals surface area contributed by atoms with Crippen LogP contribution in [0, 0.1) is 0 Å². The number of aromatic nitrogens is 1. The maximum absolute atomic E-state index is 13.5. The van der Waals surface area contributed by atoms with Crippen molar-refractivity contribution in [3.63, 3.8) is 0 Å². The van der Waals surface area contributed by atoms with E-state index in [1.807, 2.05) is 70.1 Å². The van der Waals surface area contributed by atoms with Crippen LogP contribution in [0.15, 0.2) is 72.8 Å². The molecule has 1 aromatic heterocycles. The molecule has 29 heavy (non-hydrogen) atoms. The zero-order chi connectivity index (χ0) is 19.8. The van der Waals surface area contributed by atoms with E-state index in [0.717, 1.165) is 33.8 Å². The number of anilines is 1. The van der Waals surface area contributed by atoms with Crippen molar-refractivity contribution in [2.24, 2.45) is 0 Å². The molecule has 144 valence electrons. The molecule has 0 spiro atoms. The highest BCUT2D eigenvalue weighted by atomic mass is 16.2. The monoisotopic (exact) mass is 383 g/mol. The lowest BCUT2D eigenvalue weighted by Gasteiger charge is -2.36. The van der Waals surface area contributed by atoms with Gasteiger partial charge in [-0.05, 0) is 24.3 Å². The Morgan fingerprint density at radius 1 is 0.724 bits per heavy atom. The first-order valence-electron chi connectivity index (χ1n) is 9.84. The Hall–Kier alpha value is -3.60. The Morgan fingerprint density at radius 3 is 1.90 bits per heavy atom. The van der Waals surface area contributed by atoms with E-state index in [9.17, 15) is 9.59 Å². The Morgan fingerprint density at radius 2 is 1.28 bits per heavy atom. The summed E-state index contributed by atoms with van der Waals surface area (Å²) < 4.78 is 1.83. The molecule has 2 heterocycles. The number of carbonyl (C=O) groups is 2. The summed E-state index contributed by atoms with van der Waals surface area (Å²) in [6.07, 6.45) is 0.894. The molecular weight excluding hydrogens is 362 g/mol. The summed E-state index contributed by atoms with van der Waals surface area (Å²) in [5, 5.41) is 2.19. The van der Waals surface area contributed by atoms with E-state index < -0.39 is 0 Å². The van der Waals surface area contributed by atoms with Gasteiger partial charge in [0.1, 0.15) is 0 Å². The van der Waals surface area contributed by atoms with Gasteiger partial charge in [-0.25, -0.2) is 4.79 Å². The van der Waals surface area contributed by atoms with Gasteiger partial charge in [-0.1, -0.05) is 48.5 Å². The Kier molecular flexibility index (Phi) is 4.28. The van der Waals surface area contributed by atoms with Gasteiger partial charge in [0, 0.05) is 48.2 Å². The maximum atomic E-state index is 13.5. The average Bonchev–Trinajstić information content (AvgIpc) is 3.13. The van der Waals surface area contributed by atoms with E-state index in [2.05, 4.69) is 17.0 Å². The molecule has 5 heteroatoms. The Balaban J connectivity index is 1.45. The number of aldehydes is 1. The molecule has 1 aliphatic rings. The predicted octanol–water partition coefficient (Wildman–Crippen LogP) is 4.40. The van der Waals surface area contributed by atoms with Crippen LogP contribution >= 0.6 is 0 Å². The second-order valence-electron chi connectivity index (χ2n) is 7.30. The largest absolute Gasteiger partial charge is 0.367 e. The van der Waals surface area contributed by atoms with Crippen LogP contribution in [-0.4, -0.2) is 48.0 Å². The number of fused-ring (bicyclic) bond motifs is 3. The van der Waals surface area contributed by atoms with Crippen molar-refractivity contribution >= 4 is 39.8 Å². The van der Waals surface area contributed by atoms with Gasteiger partial charge in [0.2, 0.25) is 0 Å². The minimum atomic E-state index is 0.00530. The number of amides is 1. The molecule has 0 radical (unpaired) electrons. The standard InChI is InChI=1S/C24H21N3O2/c28-17-18-7-1-4-10-21(18)25-13-15-26(16-14-25)24(29)27-22-11-5-2-8-19(22)20-9-3-6-12-23(20)27/h1-12,17H,13-16H2. The fourth-order valence-corrected chi connectivity index (χ4v) is 4.28. The smallest absolute Gasteiger partial charge is 0.329 e. The number of hydrogen-bond acceptors (Lipinski definition) is 3. The Labute approximate surface area is 168 Å². The summed E-state index contributed by atoms with van der Waals surface area (Å²) >= 11 is 0. The third-order valence-corrected chi connectivity index (χ3v) is 5.73. The van der Waals surface area contributed by atoms with E-state index in [4.69, 9.17) is 0 Å². The average molecular weight is 383 g/mol. The number of piperazine rings is 1. The normalized spacial score (nSPS) is 14.5. The molecule has 5 rings (SSSR count). The van der Waals surface area contributed by atoms with Crippen LogP contribution in [0.25, 0.3) is 21.8 Å². The first-order chi connectivity index (χ1) is 14.3. The molecule has 4 aromatic rings. The van der Waals surface area contributed by atoms with Gasteiger partial charge >= 0.3 is 6.03 Å². The van der Waals surface area contributed by atoms with Gasteiger partial charge in [-0.15, -0.1) is 0 Å². The summed E-state index contributed by atoms with van der Waals surface area (Å²) in [5.41, 5.74) is 3.50. The lowest BCUT2D eigenvalue weighted by molar-refractivity contribution is 0.112. The van der Waals surface area contributed by atoms with Crippen LogP contribution < -0.4 is 4.90 Å². The summed E-state index contributed by atoms with van der Waals surface area (Å²) in [6, 6.07) is 23.7. The minimum Gasteiger partial charge on any atom is -0.367 e. The molecule has 0 saturated carbocycles. The van der Waals surface area contributed by atoms with Gasteiger partial charge in [0.05, 0.1) is 11.0 Å². The summed E-state index contributed by atoms with van der Waals surface area (Å²) in [5.74, 6) is 0. The molecule has 1 aliphatic heterocycles. The lowest BCUT2D eigenvalue weighted by atomic mass is 10.1. The minimum absolute atomic E-state index is 0.00530. The molecule has 1 saturated heterocycles. The van der Waals surface area contributed by atoms with E-state index in [1.54, 1.807) is 0 Å². The van der Waals surface area contributed by atoms with Crippen molar-refractivity contribution in [2.45, 2.75) is 0 Å². The van der Waals surface area contributed by atoms with Gasteiger partial charge in [0.25, 0.3) is 0 Å². The fourth-order valence-electron chi connectivity index (χ4n) is 4.28. The predicted molar refractivity (Wildman–Crippen MR) is 116 cm³/mol. The SMILES string of the molecule is O=Cc1ccccc1N1CCN(C(=O)n2c3ccccc3c3ccccc32)CC1. The number of benzene rings is 3. The Bertz CT molecular complexity index is 1170. The zero-order valence-electron chi connectivity index (χ0n) is 16.0. The van der Waals surface area contributed by atoms with Crippen molar-refractivity contribution in [3.8, 4) is 0 Å². The number of rotatable bonds is 2. The van der Waals surface area contributed by atoms with E-state index >= 15 is 0 Å². The van der Waals surface area contributed by atoms with Crippen LogP contribution in [0.2, 0.25) is 0 Å². The molecule has 0 bridgehead atoms. The highest BCUT2D eigenvalue weighted by Crippen LogP contribution is 2.29. The van der Waals surface area contributed by atoms with Gasteiger partial charge in [0.15, 0.2) is 6.29 Å². The lowest BCUT2D eigenvalue weighted by Crippen LogP contribution is -2.50. The first-order valence-corrected chi connectivity index (χ1v) is 9.84. The third kappa shape index (κ3) is 2.86. The molecule has 1 fully saturated rings. The van der Waals surface area contributed by atoms with Gasteiger partial charge < -0.3 is 9.80 Å². The van der Waals surface area contributed by atoms with Gasteiger partial charge in [-0.2, -0.15) is 0 Å². The topological polar surface area (TPSA) is 45.6 Å².